The summed E-state index contributed by atoms with van der Waals surface area (Å²) in [4.78, 5) is 2.88. The number of rotatable bonds is 0. The number of aryl methyl sites for hydroxylation is 1. The highest BCUT2D eigenvalue weighted by Gasteiger charge is 2.03. The maximum atomic E-state index is 11.3. The largest absolute Gasteiger partial charge is 0.710 e. The summed E-state index contributed by atoms with van der Waals surface area (Å²) >= 11 is 0. The van der Waals surface area contributed by atoms with E-state index >= 15 is 0 Å². The second-order valence-electron chi connectivity index (χ2n) is 2.55. The Bertz CT molecular complexity index is 392. The van der Waals surface area contributed by atoms with Crippen molar-refractivity contribution < 1.29 is 4.73 Å². The third-order valence-corrected chi connectivity index (χ3v) is 1.78. The van der Waals surface area contributed by atoms with Gasteiger partial charge in [-0.3, -0.25) is 0 Å². The molecule has 0 aliphatic carbocycles. The molecule has 2 rings (SSSR count). The fourth-order valence-corrected chi connectivity index (χ4v) is 1.14. The molecule has 2 heterocycles. The monoisotopic (exact) mass is 148 g/mol. The van der Waals surface area contributed by atoms with E-state index in [1.54, 1.807) is 13.1 Å². The van der Waals surface area contributed by atoms with Crippen LogP contribution in [0.25, 0.3) is 11.0 Å². The molecule has 0 radical (unpaired) electrons. The molecule has 0 amide bonds. The second kappa shape index (κ2) is 1.99. The van der Waals surface area contributed by atoms with Crippen molar-refractivity contribution in [2.45, 2.75) is 6.92 Å². The number of hydrogen-bond acceptors (Lipinski definition) is 1. The smallest absolute Gasteiger partial charge is 0.289 e. The van der Waals surface area contributed by atoms with Crippen molar-refractivity contribution in [2.24, 2.45) is 0 Å². The molecule has 0 aliphatic rings. The molecule has 3 heteroatoms. The van der Waals surface area contributed by atoms with E-state index in [0.29, 0.717) is 11.3 Å². The van der Waals surface area contributed by atoms with Gasteiger partial charge in [0.05, 0.1) is 11.6 Å². The molecule has 2 aromatic rings. The standard InChI is InChI=1S/C8H8N2O/c1-6-2-3-7-4-5-9-8(7)10(6)11/h2-5,9H,1H3. The maximum absolute atomic E-state index is 11.3. The van der Waals surface area contributed by atoms with Crippen LogP contribution in [0.2, 0.25) is 0 Å². The molecular weight excluding hydrogens is 140 g/mol. The van der Waals surface area contributed by atoms with Crippen LogP contribution < -0.4 is 4.73 Å². The predicted octanol–water partition coefficient (Wildman–Crippen LogP) is 1.11. The Labute approximate surface area is 63.9 Å². The molecule has 11 heavy (non-hydrogen) atoms. The second-order valence-corrected chi connectivity index (χ2v) is 2.55. The summed E-state index contributed by atoms with van der Waals surface area (Å²) in [6.45, 7) is 1.78. The number of nitrogens with one attached hydrogen (secondary N) is 1. The lowest BCUT2D eigenvalue weighted by atomic mass is 10.3. The van der Waals surface area contributed by atoms with Crippen LogP contribution in [0.15, 0.2) is 24.4 Å². The first-order valence-corrected chi connectivity index (χ1v) is 3.45. The molecule has 0 atom stereocenters. The summed E-state index contributed by atoms with van der Waals surface area (Å²) in [5, 5.41) is 12.2. The first-order chi connectivity index (χ1) is 5.29. The maximum Gasteiger partial charge on any atom is 0.289 e. The van der Waals surface area contributed by atoms with Crippen molar-refractivity contribution in [1.82, 2.24) is 4.98 Å². The van der Waals surface area contributed by atoms with Gasteiger partial charge in [0, 0.05) is 0 Å². The van der Waals surface area contributed by atoms with Crippen LogP contribution in [0.4, 0.5) is 0 Å². The van der Waals surface area contributed by atoms with Crippen LogP contribution in [0.3, 0.4) is 0 Å². The van der Waals surface area contributed by atoms with Gasteiger partial charge >= 0.3 is 0 Å². The number of aromatic nitrogens is 2. The van der Waals surface area contributed by atoms with E-state index in [4.69, 9.17) is 0 Å². The number of nitrogens with zero attached hydrogens (tertiary/aromatic N) is 1. The topological polar surface area (TPSA) is 42.7 Å². The molecule has 2 aromatic heterocycles. The average molecular weight is 148 g/mol. The Morgan fingerprint density at radius 1 is 1.36 bits per heavy atom. The summed E-state index contributed by atoms with van der Waals surface area (Å²) < 4.78 is 0.898. The third-order valence-electron chi connectivity index (χ3n) is 1.78. The van der Waals surface area contributed by atoms with E-state index in [1.165, 1.54) is 0 Å². The zero-order valence-corrected chi connectivity index (χ0v) is 6.16. The minimum Gasteiger partial charge on any atom is -0.710 e. The van der Waals surface area contributed by atoms with Gasteiger partial charge in [-0.2, -0.15) is 0 Å². The van der Waals surface area contributed by atoms with Crippen molar-refractivity contribution >= 4 is 11.0 Å². The Morgan fingerprint density at radius 2 is 2.18 bits per heavy atom. The first kappa shape index (κ1) is 6.22. The molecule has 0 unspecified atom stereocenters. The van der Waals surface area contributed by atoms with Gasteiger partial charge in [-0.1, -0.05) is 0 Å². The molecule has 0 aliphatic heterocycles. The van der Waals surface area contributed by atoms with Gasteiger partial charge in [-0.05, 0) is 25.1 Å². The molecule has 0 fully saturated rings. The van der Waals surface area contributed by atoms with Crippen molar-refractivity contribution in [3.63, 3.8) is 0 Å². The summed E-state index contributed by atoms with van der Waals surface area (Å²) in [5.74, 6) is 0. The van der Waals surface area contributed by atoms with Gasteiger partial charge in [0.25, 0.3) is 5.65 Å². The number of aromatic amines is 1. The number of hydrogen-bond donors (Lipinski definition) is 1. The zero-order chi connectivity index (χ0) is 7.84. The van der Waals surface area contributed by atoms with Crippen molar-refractivity contribution in [3.8, 4) is 0 Å². The van der Waals surface area contributed by atoms with Crippen LogP contribution in [-0.2, 0) is 0 Å². The predicted molar refractivity (Wildman–Crippen MR) is 42.0 cm³/mol. The fraction of sp³-hybridized carbons (Fsp3) is 0.125. The highest BCUT2D eigenvalue weighted by atomic mass is 16.5. The lowest BCUT2D eigenvalue weighted by Gasteiger charge is -2.04. The Morgan fingerprint density at radius 3 is 3.00 bits per heavy atom. The van der Waals surface area contributed by atoms with E-state index in [0.717, 1.165) is 10.1 Å². The molecule has 56 valence electrons. The summed E-state index contributed by atoms with van der Waals surface area (Å²) in [7, 11) is 0. The molecule has 0 saturated heterocycles. The van der Waals surface area contributed by atoms with Crippen LogP contribution in [0.1, 0.15) is 5.69 Å². The van der Waals surface area contributed by atoms with Crippen LogP contribution in [0, 0.1) is 12.1 Å². The van der Waals surface area contributed by atoms with Gasteiger partial charge in [-0.15, -0.1) is 0 Å². The fourth-order valence-electron chi connectivity index (χ4n) is 1.14. The first-order valence-electron chi connectivity index (χ1n) is 3.45. The van der Waals surface area contributed by atoms with Crippen molar-refractivity contribution in [2.75, 3.05) is 0 Å². The summed E-state index contributed by atoms with van der Waals surface area (Å²) in [6.07, 6.45) is 1.76. The SMILES string of the molecule is Cc1ccc2cc[nH]c2[n+]1[O-]. The molecule has 0 saturated carbocycles. The van der Waals surface area contributed by atoms with Gasteiger partial charge in [0.1, 0.15) is 5.69 Å². The Kier molecular flexibility index (Phi) is 1.12. The molecule has 3 nitrogen and oxygen atoms in total. The normalized spacial score (nSPS) is 10.6. The van der Waals surface area contributed by atoms with Crippen LogP contribution >= 0.6 is 0 Å². The number of pyridine rings is 1. The zero-order valence-electron chi connectivity index (χ0n) is 6.16. The van der Waals surface area contributed by atoms with Crippen LogP contribution in [-0.4, -0.2) is 4.98 Å². The minimum atomic E-state index is 0.630. The van der Waals surface area contributed by atoms with Crippen molar-refractivity contribution in [1.29, 1.82) is 0 Å². The molecule has 0 spiro atoms. The quantitative estimate of drug-likeness (QED) is 0.441. The van der Waals surface area contributed by atoms with Crippen molar-refractivity contribution in [3.05, 3.63) is 35.3 Å². The lowest BCUT2D eigenvalue weighted by molar-refractivity contribution is -0.586. The number of fused-ring (bicyclic) bond motifs is 1. The molecular formula is C8H8N2O. The van der Waals surface area contributed by atoms with E-state index < -0.39 is 0 Å². The van der Waals surface area contributed by atoms with Gasteiger partial charge in [0.2, 0.25) is 0 Å². The molecule has 1 N–H and O–H groups in total. The summed E-state index contributed by atoms with van der Waals surface area (Å²) in [5.41, 5.74) is 1.34. The minimum absolute atomic E-state index is 0.630. The third kappa shape index (κ3) is 0.774. The number of H-pyrrole nitrogens is 1. The average Bonchev–Trinajstić information content (AvgIpc) is 2.45. The van der Waals surface area contributed by atoms with E-state index in [1.807, 2.05) is 18.2 Å². The van der Waals surface area contributed by atoms with Gasteiger partial charge < -0.3 is 5.21 Å². The van der Waals surface area contributed by atoms with E-state index in [-0.39, 0.29) is 0 Å². The highest BCUT2D eigenvalue weighted by molar-refractivity contribution is 5.72. The van der Waals surface area contributed by atoms with Gasteiger partial charge in [-0.25, -0.2) is 9.71 Å². The van der Waals surface area contributed by atoms with E-state index in [9.17, 15) is 5.21 Å². The Hall–Kier alpha value is -1.51. The van der Waals surface area contributed by atoms with Gasteiger partial charge in [0.15, 0.2) is 0 Å². The Balaban J connectivity index is 2.93. The highest BCUT2D eigenvalue weighted by Crippen LogP contribution is 2.06. The van der Waals surface area contributed by atoms with E-state index in [2.05, 4.69) is 4.98 Å². The molecule has 0 aromatic carbocycles. The van der Waals surface area contributed by atoms with Crippen LogP contribution in [0.5, 0.6) is 0 Å². The lowest BCUT2D eigenvalue weighted by Crippen LogP contribution is -2.30. The summed E-state index contributed by atoms with van der Waals surface area (Å²) in [6, 6.07) is 5.61. The molecule has 0 bridgehead atoms.